The second kappa shape index (κ2) is 5.27. The Hall–Kier alpha value is -3.48. The highest BCUT2D eigenvalue weighted by Crippen LogP contribution is 2.26. The molecule has 5 rings (SSSR count). The van der Waals surface area contributed by atoms with Gasteiger partial charge in [-0.1, -0.05) is 0 Å². The summed E-state index contributed by atoms with van der Waals surface area (Å²) in [6.45, 7) is 1.30. The molecule has 0 saturated heterocycles. The van der Waals surface area contributed by atoms with Crippen molar-refractivity contribution in [1.82, 2.24) is 30.0 Å². The quantitative estimate of drug-likeness (QED) is 0.590. The second-order valence-corrected chi connectivity index (χ2v) is 5.96. The van der Waals surface area contributed by atoms with Gasteiger partial charge in [0.1, 0.15) is 11.3 Å². The molecule has 0 saturated carbocycles. The van der Waals surface area contributed by atoms with Crippen molar-refractivity contribution in [2.45, 2.75) is 6.54 Å². The Balaban J connectivity index is 1.58. The van der Waals surface area contributed by atoms with Crippen molar-refractivity contribution in [1.29, 1.82) is 0 Å². The average molecular weight is 330 g/mol. The highest BCUT2D eigenvalue weighted by molar-refractivity contribution is 5.94. The first-order chi connectivity index (χ1) is 12.3. The molecule has 25 heavy (non-hydrogen) atoms. The first-order valence-corrected chi connectivity index (χ1v) is 8.04. The van der Waals surface area contributed by atoms with E-state index in [0.29, 0.717) is 18.8 Å². The van der Waals surface area contributed by atoms with E-state index in [9.17, 15) is 4.79 Å². The van der Waals surface area contributed by atoms with Gasteiger partial charge in [0.25, 0.3) is 5.91 Å². The van der Waals surface area contributed by atoms with E-state index in [1.165, 1.54) is 0 Å². The minimum atomic E-state index is -0.0820. The number of aromatic amines is 1. The number of aromatic nitrogens is 5. The molecule has 1 amide bonds. The van der Waals surface area contributed by atoms with Crippen LogP contribution >= 0.6 is 0 Å². The molecule has 0 radical (unpaired) electrons. The molecule has 0 atom stereocenters. The first-order valence-electron chi connectivity index (χ1n) is 8.04. The molecule has 2 N–H and O–H groups in total. The predicted octanol–water partition coefficient (Wildman–Crippen LogP) is 2.23. The SMILES string of the molecule is O=C1NCCn2nc(-c3ccnc(-c4cnc5[nH]ccc5c4)c3)cc21. The lowest BCUT2D eigenvalue weighted by Crippen LogP contribution is -2.35. The fourth-order valence-electron chi connectivity index (χ4n) is 3.10. The fourth-order valence-corrected chi connectivity index (χ4v) is 3.10. The van der Waals surface area contributed by atoms with Crippen molar-refractivity contribution in [2.75, 3.05) is 6.54 Å². The number of amides is 1. The zero-order valence-electron chi connectivity index (χ0n) is 13.2. The first kappa shape index (κ1) is 13.9. The van der Waals surface area contributed by atoms with Gasteiger partial charge < -0.3 is 10.3 Å². The molecule has 7 nitrogen and oxygen atoms in total. The number of carbonyl (C=O) groups is 1. The maximum absolute atomic E-state index is 11.9. The van der Waals surface area contributed by atoms with Crippen LogP contribution in [-0.4, -0.2) is 37.2 Å². The summed E-state index contributed by atoms with van der Waals surface area (Å²) >= 11 is 0. The summed E-state index contributed by atoms with van der Waals surface area (Å²) in [6.07, 6.45) is 5.42. The Labute approximate surface area is 142 Å². The molecular formula is C18H14N6O. The lowest BCUT2D eigenvalue weighted by molar-refractivity contribution is 0.0924. The Kier molecular flexibility index (Phi) is 2.93. The Bertz CT molecular complexity index is 1110. The number of fused-ring (bicyclic) bond motifs is 2. The smallest absolute Gasteiger partial charge is 0.269 e. The molecule has 0 aliphatic carbocycles. The standard InChI is InChI=1S/C18H14N6O/c25-18-16-9-15(23-24(16)6-5-21-18)11-1-3-19-14(8-11)13-7-12-2-4-20-17(12)22-10-13/h1-4,7-10H,5-6H2,(H,20,22)(H,21,25). The third kappa shape index (κ3) is 2.28. The van der Waals surface area contributed by atoms with Crippen molar-refractivity contribution in [3.8, 4) is 22.5 Å². The summed E-state index contributed by atoms with van der Waals surface area (Å²) in [6, 6.07) is 9.73. The summed E-state index contributed by atoms with van der Waals surface area (Å²) in [5.41, 5.74) is 4.90. The maximum Gasteiger partial charge on any atom is 0.269 e. The summed E-state index contributed by atoms with van der Waals surface area (Å²) in [5, 5.41) is 8.43. The second-order valence-electron chi connectivity index (χ2n) is 5.96. The molecule has 1 aliphatic rings. The van der Waals surface area contributed by atoms with E-state index in [0.717, 1.165) is 33.5 Å². The molecule has 0 aromatic carbocycles. The molecule has 0 bridgehead atoms. The van der Waals surface area contributed by atoms with Gasteiger partial charge >= 0.3 is 0 Å². The summed E-state index contributed by atoms with van der Waals surface area (Å²) in [4.78, 5) is 23.9. The summed E-state index contributed by atoms with van der Waals surface area (Å²) in [7, 11) is 0. The normalized spacial score (nSPS) is 13.7. The molecule has 1 aliphatic heterocycles. The molecule has 0 spiro atoms. The number of hydrogen-bond acceptors (Lipinski definition) is 4. The van der Waals surface area contributed by atoms with Crippen LogP contribution < -0.4 is 5.32 Å². The number of nitrogens with one attached hydrogen (secondary N) is 2. The number of hydrogen-bond donors (Lipinski definition) is 2. The number of H-pyrrole nitrogens is 1. The Morgan fingerprint density at radius 1 is 1.04 bits per heavy atom. The number of carbonyl (C=O) groups excluding carboxylic acids is 1. The molecule has 0 unspecified atom stereocenters. The zero-order chi connectivity index (χ0) is 16.8. The van der Waals surface area contributed by atoms with Gasteiger partial charge in [-0.25, -0.2) is 4.98 Å². The van der Waals surface area contributed by atoms with Crippen molar-refractivity contribution in [2.24, 2.45) is 0 Å². The van der Waals surface area contributed by atoms with Crippen molar-refractivity contribution >= 4 is 16.9 Å². The highest BCUT2D eigenvalue weighted by Gasteiger charge is 2.20. The van der Waals surface area contributed by atoms with Crippen LogP contribution in [0.25, 0.3) is 33.5 Å². The van der Waals surface area contributed by atoms with Crippen LogP contribution in [0, 0.1) is 0 Å². The van der Waals surface area contributed by atoms with Crippen LogP contribution in [0.4, 0.5) is 0 Å². The maximum atomic E-state index is 11.9. The van der Waals surface area contributed by atoms with E-state index in [2.05, 4.69) is 31.4 Å². The Morgan fingerprint density at radius 3 is 2.92 bits per heavy atom. The molecule has 122 valence electrons. The number of rotatable bonds is 2. The van der Waals surface area contributed by atoms with Crippen molar-refractivity contribution in [3.05, 3.63) is 54.6 Å². The third-order valence-corrected chi connectivity index (χ3v) is 4.37. The molecule has 5 heterocycles. The van der Waals surface area contributed by atoms with Crippen LogP contribution in [0.1, 0.15) is 10.5 Å². The van der Waals surface area contributed by atoms with Gasteiger partial charge in [-0.3, -0.25) is 14.5 Å². The summed E-state index contributed by atoms with van der Waals surface area (Å²) in [5.74, 6) is -0.0820. The van der Waals surface area contributed by atoms with Crippen molar-refractivity contribution in [3.63, 3.8) is 0 Å². The third-order valence-electron chi connectivity index (χ3n) is 4.37. The van der Waals surface area contributed by atoms with Gasteiger partial charge in [0.05, 0.1) is 17.9 Å². The van der Waals surface area contributed by atoms with Gasteiger partial charge in [0, 0.05) is 41.6 Å². The molecule has 4 aromatic rings. The molecule has 7 heteroatoms. The molecule has 0 fully saturated rings. The van der Waals surface area contributed by atoms with E-state index >= 15 is 0 Å². The van der Waals surface area contributed by atoms with E-state index < -0.39 is 0 Å². The van der Waals surface area contributed by atoms with Gasteiger partial charge in [-0.05, 0) is 30.3 Å². The van der Waals surface area contributed by atoms with Crippen molar-refractivity contribution < 1.29 is 4.79 Å². The van der Waals surface area contributed by atoms with Gasteiger partial charge in [0.15, 0.2) is 0 Å². The van der Waals surface area contributed by atoms with E-state index in [4.69, 9.17) is 0 Å². The number of pyridine rings is 2. The topological polar surface area (TPSA) is 88.5 Å². The summed E-state index contributed by atoms with van der Waals surface area (Å²) < 4.78 is 1.75. The average Bonchev–Trinajstić information content (AvgIpc) is 3.28. The zero-order valence-corrected chi connectivity index (χ0v) is 13.2. The van der Waals surface area contributed by atoms with Gasteiger partial charge in [-0.2, -0.15) is 5.10 Å². The Morgan fingerprint density at radius 2 is 2.00 bits per heavy atom. The van der Waals surface area contributed by atoms with Crippen LogP contribution in [0.3, 0.4) is 0 Å². The van der Waals surface area contributed by atoms with E-state index in [1.54, 1.807) is 17.1 Å². The number of nitrogens with zero attached hydrogens (tertiary/aromatic N) is 4. The lowest BCUT2D eigenvalue weighted by Gasteiger charge is -2.13. The van der Waals surface area contributed by atoms with Crippen LogP contribution in [-0.2, 0) is 6.54 Å². The van der Waals surface area contributed by atoms with Crippen LogP contribution in [0.15, 0.2) is 48.9 Å². The molecule has 4 aromatic heterocycles. The van der Waals surface area contributed by atoms with E-state index in [1.807, 2.05) is 30.5 Å². The fraction of sp³-hybridized carbons (Fsp3) is 0.111. The van der Waals surface area contributed by atoms with E-state index in [-0.39, 0.29) is 5.91 Å². The lowest BCUT2D eigenvalue weighted by atomic mass is 10.1. The van der Waals surface area contributed by atoms with Crippen LogP contribution in [0.5, 0.6) is 0 Å². The predicted molar refractivity (Wildman–Crippen MR) is 92.9 cm³/mol. The monoisotopic (exact) mass is 330 g/mol. The minimum Gasteiger partial charge on any atom is -0.349 e. The minimum absolute atomic E-state index is 0.0820. The van der Waals surface area contributed by atoms with Crippen LogP contribution in [0.2, 0.25) is 0 Å². The highest BCUT2D eigenvalue weighted by atomic mass is 16.2. The largest absolute Gasteiger partial charge is 0.349 e. The van der Waals surface area contributed by atoms with Gasteiger partial charge in [-0.15, -0.1) is 0 Å². The molecular weight excluding hydrogens is 316 g/mol. The van der Waals surface area contributed by atoms with Gasteiger partial charge in [0.2, 0.25) is 0 Å².